The summed E-state index contributed by atoms with van der Waals surface area (Å²) < 4.78 is 12.0. The molecule has 3 amide bonds. The van der Waals surface area contributed by atoms with Crippen LogP contribution in [0.1, 0.15) is 53.9 Å². The molecule has 3 saturated heterocycles. The van der Waals surface area contributed by atoms with E-state index in [2.05, 4.69) is 26.6 Å². The van der Waals surface area contributed by atoms with Crippen LogP contribution in [0.2, 0.25) is 0 Å². The van der Waals surface area contributed by atoms with Crippen molar-refractivity contribution in [2.75, 3.05) is 18.5 Å². The predicted molar refractivity (Wildman–Crippen MR) is 147 cm³/mol. The van der Waals surface area contributed by atoms with Crippen LogP contribution < -0.4 is 15.4 Å². The highest BCUT2D eigenvalue weighted by Crippen LogP contribution is 2.60. The van der Waals surface area contributed by atoms with Gasteiger partial charge in [0, 0.05) is 16.6 Å². The van der Waals surface area contributed by atoms with Crippen molar-refractivity contribution in [2.24, 2.45) is 17.8 Å². The van der Waals surface area contributed by atoms with Crippen LogP contribution in [-0.4, -0.2) is 75.6 Å². The molecule has 3 fully saturated rings. The summed E-state index contributed by atoms with van der Waals surface area (Å²) in [6, 6.07) is 5.47. The summed E-state index contributed by atoms with van der Waals surface area (Å²) in [5.74, 6) is -1.95. The Morgan fingerprint density at radius 2 is 1.89 bits per heavy atom. The maximum atomic E-state index is 14.1. The van der Waals surface area contributed by atoms with Crippen molar-refractivity contribution < 1.29 is 29.0 Å². The second kappa shape index (κ2) is 11.5. The number of benzene rings is 1. The van der Waals surface area contributed by atoms with E-state index in [-0.39, 0.29) is 41.1 Å². The van der Waals surface area contributed by atoms with E-state index in [0.29, 0.717) is 24.5 Å². The fourth-order valence-corrected chi connectivity index (χ4v) is 7.44. The molecule has 0 saturated carbocycles. The quantitative estimate of drug-likeness (QED) is 0.339. The van der Waals surface area contributed by atoms with Gasteiger partial charge in [-0.1, -0.05) is 43.1 Å². The van der Waals surface area contributed by atoms with Gasteiger partial charge in [-0.3, -0.25) is 14.4 Å². The number of amides is 3. The summed E-state index contributed by atoms with van der Waals surface area (Å²) in [5, 5.41) is 16.3. The van der Waals surface area contributed by atoms with Gasteiger partial charge in [-0.25, -0.2) is 0 Å². The molecule has 0 aliphatic carbocycles. The van der Waals surface area contributed by atoms with Gasteiger partial charge in [0.15, 0.2) is 0 Å². The number of likely N-dealkylation sites (tertiary alicyclic amines) is 1. The average molecular weight is 595 g/mol. The fourth-order valence-electron chi connectivity index (χ4n) is 6.50. The minimum absolute atomic E-state index is 0.0800. The summed E-state index contributed by atoms with van der Waals surface area (Å²) in [7, 11) is 0. The number of carbonyl (C=O) groups excluding carboxylic acids is 3. The predicted octanol–water partition coefficient (Wildman–Crippen LogP) is 3.09. The number of aliphatic hydroxyl groups is 1. The number of halogens is 1. The fraction of sp³-hybridized carbons (Fsp3) is 0.679. The molecule has 2 bridgehead atoms. The van der Waals surface area contributed by atoms with Gasteiger partial charge in [-0.15, -0.1) is 0 Å². The number of alkyl halides is 1. The lowest BCUT2D eigenvalue weighted by Gasteiger charge is -2.38. The zero-order valence-electron chi connectivity index (χ0n) is 22.8. The Hall–Kier alpha value is -2.17. The molecule has 4 unspecified atom stereocenters. The molecule has 0 aromatic heterocycles. The number of anilines is 1. The Morgan fingerprint density at radius 3 is 2.47 bits per heavy atom. The Balaban J connectivity index is 1.68. The first-order valence-corrected chi connectivity index (χ1v) is 14.6. The number of carbonyl (C=O) groups is 3. The van der Waals surface area contributed by atoms with Crippen molar-refractivity contribution >= 4 is 39.3 Å². The molecule has 10 heteroatoms. The molecule has 1 spiro atoms. The normalized spacial score (nSPS) is 31.3. The maximum Gasteiger partial charge on any atom is 0.246 e. The number of hydrogen-bond acceptors (Lipinski definition) is 6. The van der Waals surface area contributed by atoms with E-state index in [4.69, 9.17) is 9.47 Å². The second-order valence-electron chi connectivity index (χ2n) is 11.0. The average Bonchev–Trinajstić information content (AvgIpc) is 3.44. The van der Waals surface area contributed by atoms with Crippen LogP contribution in [0.25, 0.3) is 0 Å². The second-order valence-corrected chi connectivity index (χ2v) is 12.2. The lowest BCUT2D eigenvalue weighted by Crippen LogP contribution is -2.60. The summed E-state index contributed by atoms with van der Waals surface area (Å²) in [4.78, 5) is 43.0. The van der Waals surface area contributed by atoms with Crippen molar-refractivity contribution in [3.05, 3.63) is 24.3 Å². The molecule has 1 aromatic rings. The van der Waals surface area contributed by atoms with Gasteiger partial charge < -0.3 is 30.1 Å². The Bertz CT molecular complexity index is 1040. The van der Waals surface area contributed by atoms with E-state index in [9.17, 15) is 19.5 Å². The molecule has 210 valence electrons. The Labute approximate surface area is 233 Å². The van der Waals surface area contributed by atoms with Crippen LogP contribution in [0, 0.1) is 17.8 Å². The largest absolute Gasteiger partial charge is 0.494 e. The first-order chi connectivity index (χ1) is 18.1. The molecular formula is C28H40BrN3O6. The Kier molecular flexibility index (Phi) is 8.74. The van der Waals surface area contributed by atoms with Crippen molar-refractivity contribution in [1.29, 1.82) is 0 Å². The number of nitrogens with one attached hydrogen (secondary N) is 2. The van der Waals surface area contributed by atoms with Gasteiger partial charge in [0.1, 0.15) is 17.4 Å². The lowest BCUT2D eigenvalue weighted by atomic mass is 9.70. The van der Waals surface area contributed by atoms with Gasteiger partial charge in [-0.2, -0.15) is 0 Å². The van der Waals surface area contributed by atoms with Crippen LogP contribution in [0.5, 0.6) is 5.75 Å². The third-order valence-corrected chi connectivity index (χ3v) is 8.98. The number of aliphatic hydroxyl groups excluding tert-OH is 1. The van der Waals surface area contributed by atoms with E-state index >= 15 is 0 Å². The highest BCUT2D eigenvalue weighted by molar-refractivity contribution is 9.09. The van der Waals surface area contributed by atoms with Crippen LogP contribution in [0.15, 0.2) is 24.3 Å². The van der Waals surface area contributed by atoms with Crippen molar-refractivity contribution in [2.45, 2.75) is 88.5 Å². The number of ether oxygens (including phenoxy) is 2. The van der Waals surface area contributed by atoms with Crippen molar-refractivity contribution in [3.8, 4) is 5.75 Å². The molecule has 3 aliphatic heterocycles. The molecule has 3 aliphatic rings. The monoisotopic (exact) mass is 593 g/mol. The molecule has 3 N–H and O–H groups in total. The van der Waals surface area contributed by atoms with E-state index in [1.807, 2.05) is 34.6 Å². The number of hydrogen-bond donors (Lipinski definition) is 3. The van der Waals surface area contributed by atoms with Crippen molar-refractivity contribution in [1.82, 2.24) is 10.2 Å². The molecular weight excluding hydrogens is 554 g/mol. The first kappa shape index (κ1) is 28.8. The molecule has 9 nitrogen and oxygen atoms in total. The third-order valence-electron chi connectivity index (χ3n) is 8.14. The van der Waals surface area contributed by atoms with Gasteiger partial charge in [0.2, 0.25) is 17.7 Å². The first-order valence-electron chi connectivity index (χ1n) is 13.7. The molecule has 8 atom stereocenters. The van der Waals surface area contributed by atoms with Gasteiger partial charge in [0.25, 0.3) is 0 Å². The van der Waals surface area contributed by atoms with Crippen LogP contribution in [0.3, 0.4) is 0 Å². The van der Waals surface area contributed by atoms with E-state index in [0.717, 1.165) is 12.8 Å². The van der Waals surface area contributed by atoms with Crippen LogP contribution >= 0.6 is 15.9 Å². The number of rotatable bonds is 11. The highest BCUT2D eigenvalue weighted by Gasteiger charge is 2.77. The topological polar surface area (TPSA) is 117 Å². The zero-order valence-corrected chi connectivity index (χ0v) is 24.4. The van der Waals surface area contributed by atoms with Gasteiger partial charge in [-0.05, 0) is 56.9 Å². The molecule has 0 radical (unpaired) electrons. The van der Waals surface area contributed by atoms with E-state index < -0.39 is 35.6 Å². The molecule has 4 rings (SSSR count). The molecule has 1 aromatic carbocycles. The highest BCUT2D eigenvalue weighted by atomic mass is 79.9. The molecule has 3 heterocycles. The van der Waals surface area contributed by atoms with Crippen LogP contribution in [0.4, 0.5) is 5.69 Å². The molecule has 38 heavy (non-hydrogen) atoms. The van der Waals surface area contributed by atoms with Gasteiger partial charge in [0.05, 0.1) is 37.2 Å². The SMILES string of the molecule is CCCC(C)NC(=O)C1N([C@@H](CO)C(C)C)C(=O)[C@@H]2[C@@H](C(=O)Nc3ccc(OCC)cc3)[C@@H]3OC12CC3Br. The van der Waals surface area contributed by atoms with Crippen LogP contribution in [-0.2, 0) is 19.1 Å². The smallest absolute Gasteiger partial charge is 0.246 e. The van der Waals surface area contributed by atoms with E-state index in [1.54, 1.807) is 24.3 Å². The standard InChI is InChI=1S/C28H40BrN3O6/c1-6-8-16(5)30-26(35)24-28-13-19(29)23(38-28)21(22(28)27(36)32(24)20(14-33)15(3)4)25(34)31-17-9-11-18(12-10-17)37-7-2/h9-12,15-16,19-24,33H,6-8,13-14H2,1-5H3,(H,30,35)(H,31,34)/t16?,19?,20-,21+,22-,23+,24?,28?/m0/s1. The maximum absolute atomic E-state index is 14.1. The minimum atomic E-state index is -1.16. The summed E-state index contributed by atoms with van der Waals surface area (Å²) in [6.07, 6.45) is 1.58. The minimum Gasteiger partial charge on any atom is -0.494 e. The summed E-state index contributed by atoms with van der Waals surface area (Å²) in [5.41, 5.74) is -0.573. The summed E-state index contributed by atoms with van der Waals surface area (Å²) >= 11 is 3.69. The number of nitrogens with zero attached hydrogens (tertiary/aromatic N) is 1. The lowest BCUT2D eigenvalue weighted by molar-refractivity contribution is -0.146. The van der Waals surface area contributed by atoms with Gasteiger partial charge >= 0.3 is 0 Å². The number of fused-ring (bicyclic) bond motifs is 1. The zero-order chi connectivity index (χ0) is 27.8. The summed E-state index contributed by atoms with van der Waals surface area (Å²) in [6.45, 7) is 9.97. The van der Waals surface area contributed by atoms with Crippen molar-refractivity contribution in [3.63, 3.8) is 0 Å². The third kappa shape index (κ3) is 4.95. The Morgan fingerprint density at radius 1 is 1.21 bits per heavy atom. The van der Waals surface area contributed by atoms with E-state index in [1.165, 1.54) is 4.90 Å².